The first-order chi connectivity index (χ1) is 15.7. The molecule has 0 bridgehead atoms. The second-order valence-electron chi connectivity index (χ2n) is 7.63. The highest BCUT2D eigenvalue weighted by Gasteiger charge is 2.16. The number of anilines is 2. The van der Waals surface area contributed by atoms with Gasteiger partial charge in [0.1, 0.15) is 0 Å². The lowest BCUT2D eigenvalue weighted by molar-refractivity contribution is 0.0951. The van der Waals surface area contributed by atoms with Crippen molar-refractivity contribution in [1.29, 1.82) is 0 Å². The smallest absolute Gasteiger partial charge is 0.261 e. The number of carbonyl (C=O) groups excluding carboxylic acids is 1. The Morgan fingerprint density at radius 3 is 2.15 bits per heavy atom. The molecule has 0 saturated carbocycles. The number of nitrogens with zero attached hydrogens (tertiary/aromatic N) is 1. The van der Waals surface area contributed by atoms with E-state index in [4.69, 9.17) is 11.6 Å². The van der Waals surface area contributed by atoms with Crippen LogP contribution in [0, 0.1) is 6.92 Å². The van der Waals surface area contributed by atoms with E-state index in [2.05, 4.69) is 28.8 Å². The van der Waals surface area contributed by atoms with Crippen molar-refractivity contribution < 1.29 is 13.2 Å². The molecule has 0 radical (unpaired) electrons. The molecule has 0 saturated heterocycles. The molecule has 6 nitrogen and oxygen atoms in total. The highest BCUT2D eigenvalue weighted by Crippen LogP contribution is 2.24. The lowest BCUT2D eigenvalue weighted by Crippen LogP contribution is -2.24. The van der Waals surface area contributed by atoms with Crippen LogP contribution in [0.15, 0.2) is 71.6 Å². The van der Waals surface area contributed by atoms with Crippen LogP contribution in [0.4, 0.5) is 11.4 Å². The first kappa shape index (κ1) is 24.6. The molecule has 0 unspecified atom stereocenters. The molecular formula is C25H28ClN3O3S. The van der Waals surface area contributed by atoms with Crippen molar-refractivity contribution in [2.75, 3.05) is 22.7 Å². The lowest BCUT2D eigenvalue weighted by Gasteiger charge is -2.21. The molecule has 174 valence electrons. The van der Waals surface area contributed by atoms with E-state index < -0.39 is 10.0 Å². The van der Waals surface area contributed by atoms with Crippen LogP contribution in [-0.2, 0) is 16.6 Å². The van der Waals surface area contributed by atoms with Gasteiger partial charge in [0, 0.05) is 25.3 Å². The Bertz CT molecular complexity index is 1210. The molecule has 3 aromatic carbocycles. The Balaban J connectivity index is 1.64. The summed E-state index contributed by atoms with van der Waals surface area (Å²) >= 11 is 6.29. The van der Waals surface area contributed by atoms with E-state index in [0.717, 1.165) is 29.9 Å². The normalized spacial score (nSPS) is 11.2. The van der Waals surface area contributed by atoms with Crippen LogP contribution in [0.5, 0.6) is 0 Å². The third kappa shape index (κ3) is 6.27. The minimum Gasteiger partial charge on any atom is -0.372 e. The van der Waals surface area contributed by atoms with Crippen LogP contribution in [0.2, 0.25) is 5.02 Å². The molecule has 0 spiro atoms. The number of sulfonamides is 1. The van der Waals surface area contributed by atoms with Crippen LogP contribution in [0.3, 0.4) is 0 Å². The molecule has 8 heteroatoms. The molecule has 0 fully saturated rings. The van der Waals surface area contributed by atoms with Gasteiger partial charge in [0.25, 0.3) is 15.9 Å². The van der Waals surface area contributed by atoms with Gasteiger partial charge in [-0.25, -0.2) is 8.42 Å². The van der Waals surface area contributed by atoms with Crippen molar-refractivity contribution in [3.8, 4) is 0 Å². The third-order valence-electron chi connectivity index (χ3n) is 5.32. The maximum atomic E-state index is 12.6. The highest BCUT2D eigenvalue weighted by atomic mass is 35.5. The fourth-order valence-corrected chi connectivity index (χ4v) is 4.70. The zero-order valence-corrected chi connectivity index (χ0v) is 20.5. The van der Waals surface area contributed by atoms with Gasteiger partial charge in [0.05, 0.1) is 21.2 Å². The molecule has 3 aromatic rings. The molecular weight excluding hydrogens is 458 g/mol. The first-order valence-electron chi connectivity index (χ1n) is 10.7. The predicted molar refractivity (Wildman–Crippen MR) is 135 cm³/mol. The Kier molecular flexibility index (Phi) is 8.00. The maximum Gasteiger partial charge on any atom is 0.261 e. The van der Waals surface area contributed by atoms with E-state index in [1.165, 1.54) is 30.3 Å². The molecule has 1 amide bonds. The summed E-state index contributed by atoms with van der Waals surface area (Å²) in [6.07, 6.45) is 0. The number of halogens is 1. The Morgan fingerprint density at radius 1 is 0.939 bits per heavy atom. The van der Waals surface area contributed by atoms with Gasteiger partial charge in [0.2, 0.25) is 0 Å². The number of aryl methyl sites for hydroxylation is 1. The van der Waals surface area contributed by atoms with Gasteiger partial charge in [-0.3, -0.25) is 9.52 Å². The van der Waals surface area contributed by atoms with Crippen molar-refractivity contribution in [2.45, 2.75) is 32.2 Å². The molecule has 0 aromatic heterocycles. The fourth-order valence-electron chi connectivity index (χ4n) is 3.39. The van der Waals surface area contributed by atoms with Crippen LogP contribution in [0.1, 0.15) is 35.3 Å². The standard InChI is InChI=1S/C25H28ClN3O3S/c1-4-29(5-2)21-11-8-19(9-12-21)17-27-25(30)23-15-10-20(16-24(23)26)28-33(31,32)22-13-6-18(3)7-14-22/h6-16,28H,4-5,17H2,1-3H3,(H,27,30). The van der Waals surface area contributed by atoms with E-state index in [-0.39, 0.29) is 27.1 Å². The van der Waals surface area contributed by atoms with Crippen molar-refractivity contribution in [2.24, 2.45) is 0 Å². The highest BCUT2D eigenvalue weighted by molar-refractivity contribution is 7.92. The largest absolute Gasteiger partial charge is 0.372 e. The third-order valence-corrected chi connectivity index (χ3v) is 7.03. The summed E-state index contributed by atoms with van der Waals surface area (Å²) in [7, 11) is -3.75. The van der Waals surface area contributed by atoms with Gasteiger partial charge in [-0.1, -0.05) is 41.4 Å². The summed E-state index contributed by atoms with van der Waals surface area (Å²) in [6, 6.07) is 19.0. The summed E-state index contributed by atoms with van der Waals surface area (Å²) in [5.74, 6) is -0.333. The topological polar surface area (TPSA) is 78.5 Å². The van der Waals surface area contributed by atoms with Crippen LogP contribution < -0.4 is 14.9 Å². The number of hydrogen-bond acceptors (Lipinski definition) is 4. The van der Waals surface area contributed by atoms with Gasteiger partial charge in [-0.15, -0.1) is 0 Å². The van der Waals surface area contributed by atoms with Crippen molar-refractivity contribution in [1.82, 2.24) is 5.32 Å². The summed E-state index contributed by atoms with van der Waals surface area (Å²) in [5.41, 5.74) is 3.63. The van der Waals surface area contributed by atoms with Gasteiger partial charge >= 0.3 is 0 Å². The minimum absolute atomic E-state index is 0.151. The molecule has 33 heavy (non-hydrogen) atoms. The van der Waals surface area contributed by atoms with E-state index in [1.54, 1.807) is 12.1 Å². The van der Waals surface area contributed by atoms with Crippen LogP contribution >= 0.6 is 11.6 Å². The first-order valence-corrected chi connectivity index (χ1v) is 12.6. The lowest BCUT2D eigenvalue weighted by atomic mass is 10.1. The van der Waals surface area contributed by atoms with Gasteiger partial charge < -0.3 is 10.2 Å². The quantitative estimate of drug-likeness (QED) is 0.435. The summed E-state index contributed by atoms with van der Waals surface area (Å²) < 4.78 is 27.6. The van der Waals surface area contributed by atoms with E-state index in [0.29, 0.717) is 6.54 Å². The monoisotopic (exact) mass is 485 g/mol. The Labute approximate surface area is 200 Å². The zero-order valence-electron chi connectivity index (χ0n) is 18.9. The molecule has 0 atom stereocenters. The fraction of sp³-hybridized carbons (Fsp3) is 0.240. The van der Waals surface area contributed by atoms with E-state index in [9.17, 15) is 13.2 Å². The number of amides is 1. The average Bonchev–Trinajstić information content (AvgIpc) is 2.79. The SMILES string of the molecule is CCN(CC)c1ccc(CNC(=O)c2ccc(NS(=O)(=O)c3ccc(C)cc3)cc2Cl)cc1. The summed E-state index contributed by atoms with van der Waals surface area (Å²) in [6.45, 7) is 8.33. The minimum atomic E-state index is -3.75. The predicted octanol–water partition coefficient (Wildman–Crippen LogP) is 5.23. The van der Waals surface area contributed by atoms with Gasteiger partial charge in [0.15, 0.2) is 0 Å². The second-order valence-corrected chi connectivity index (χ2v) is 9.72. The van der Waals surface area contributed by atoms with E-state index in [1.807, 2.05) is 31.2 Å². The Hall–Kier alpha value is -3.03. The number of benzene rings is 3. The molecule has 0 aliphatic carbocycles. The van der Waals surface area contributed by atoms with Crippen molar-refractivity contribution in [3.63, 3.8) is 0 Å². The van der Waals surface area contributed by atoms with Crippen molar-refractivity contribution >= 4 is 38.9 Å². The van der Waals surface area contributed by atoms with Crippen molar-refractivity contribution in [3.05, 3.63) is 88.4 Å². The number of carbonyl (C=O) groups is 1. The molecule has 2 N–H and O–H groups in total. The number of nitrogens with one attached hydrogen (secondary N) is 2. The zero-order chi connectivity index (χ0) is 24.0. The van der Waals surface area contributed by atoms with Crippen LogP contribution in [-0.4, -0.2) is 27.4 Å². The summed E-state index contributed by atoms with van der Waals surface area (Å²) in [5, 5.41) is 3.02. The molecule has 0 aliphatic heterocycles. The second kappa shape index (κ2) is 10.7. The Morgan fingerprint density at radius 2 is 1.58 bits per heavy atom. The van der Waals surface area contributed by atoms with Gasteiger partial charge in [-0.2, -0.15) is 0 Å². The molecule has 3 rings (SSSR count). The molecule has 0 heterocycles. The molecule has 0 aliphatic rings. The number of hydrogen-bond donors (Lipinski definition) is 2. The maximum absolute atomic E-state index is 12.6. The number of rotatable bonds is 9. The average molecular weight is 486 g/mol. The summed E-state index contributed by atoms with van der Waals surface area (Å²) in [4.78, 5) is 15.0. The van der Waals surface area contributed by atoms with E-state index >= 15 is 0 Å². The van der Waals surface area contributed by atoms with Gasteiger partial charge in [-0.05, 0) is 68.8 Å². The van der Waals surface area contributed by atoms with Crippen LogP contribution in [0.25, 0.3) is 0 Å².